The number of rotatable bonds is 4. The van der Waals surface area contributed by atoms with E-state index in [2.05, 4.69) is 10.6 Å². The molecule has 1 saturated heterocycles. The first-order valence-corrected chi connectivity index (χ1v) is 7.92. The van der Waals surface area contributed by atoms with Crippen molar-refractivity contribution in [3.05, 3.63) is 35.4 Å². The maximum atomic E-state index is 12.4. The van der Waals surface area contributed by atoms with Gasteiger partial charge in [0, 0.05) is 5.56 Å². The molecule has 2 aliphatic rings. The van der Waals surface area contributed by atoms with Gasteiger partial charge in [-0.25, -0.2) is 0 Å². The third-order valence-electron chi connectivity index (χ3n) is 4.19. The normalized spacial score (nSPS) is 20.3. The van der Waals surface area contributed by atoms with Crippen molar-refractivity contribution in [2.24, 2.45) is 4.99 Å². The third-order valence-corrected chi connectivity index (χ3v) is 4.19. The van der Waals surface area contributed by atoms with E-state index in [1.54, 1.807) is 0 Å². The highest BCUT2D eigenvalue weighted by atomic mass is 16.5. The third kappa shape index (κ3) is 3.05. The molecule has 0 bridgehead atoms. The van der Waals surface area contributed by atoms with Crippen molar-refractivity contribution in [1.29, 1.82) is 0 Å². The average Bonchev–Trinajstić information content (AvgIpc) is 2.83. The van der Waals surface area contributed by atoms with Gasteiger partial charge in [0.25, 0.3) is 5.91 Å². The van der Waals surface area contributed by atoms with E-state index in [-0.39, 0.29) is 12.0 Å². The predicted octanol–water partition coefficient (Wildman–Crippen LogP) is 1.61. The summed E-state index contributed by atoms with van der Waals surface area (Å²) < 4.78 is 5.64. The van der Waals surface area contributed by atoms with Crippen LogP contribution in [-0.2, 0) is 16.1 Å². The maximum absolute atomic E-state index is 12.4. The van der Waals surface area contributed by atoms with Crippen molar-refractivity contribution in [2.75, 3.05) is 13.1 Å². The Bertz CT molecular complexity index is 589. The first-order chi connectivity index (χ1) is 10.6. The van der Waals surface area contributed by atoms with Crippen molar-refractivity contribution in [2.45, 2.75) is 44.9 Å². The number of nitrogens with zero attached hydrogens (tertiary/aromatic N) is 1. The molecule has 0 aliphatic carbocycles. The molecule has 2 heterocycles. The number of benzene rings is 1. The van der Waals surface area contributed by atoms with E-state index in [1.807, 2.05) is 38.1 Å². The minimum absolute atomic E-state index is 0.0350. The standard InChI is InChI=1S/C17H23N3O2/c1-12(2)22-11-13-4-3-5-14(10-13)15-19-16(21)17(20-15)6-8-18-9-7-17/h3-5,10,12,18H,6-9,11H2,1-2H3,(H,19,20,21). The summed E-state index contributed by atoms with van der Waals surface area (Å²) >= 11 is 0. The Morgan fingerprint density at radius 3 is 2.82 bits per heavy atom. The molecule has 1 fully saturated rings. The van der Waals surface area contributed by atoms with Crippen molar-refractivity contribution >= 4 is 11.7 Å². The molecule has 5 nitrogen and oxygen atoms in total. The molecule has 118 valence electrons. The molecule has 0 radical (unpaired) electrons. The number of aliphatic imine (C=N–C) groups is 1. The summed E-state index contributed by atoms with van der Waals surface area (Å²) in [6, 6.07) is 8.04. The second kappa shape index (κ2) is 6.18. The van der Waals surface area contributed by atoms with Crippen LogP contribution in [0.15, 0.2) is 29.3 Å². The van der Waals surface area contributed by atoms with Gasteiger partial charge in [0.15, 0.2) is 0 Å². The zero-order valence-electron chi connectivity index (χ0n) is 13.2. The predicted molar refractivity (Wildman–Crippen MR) is 85.9 cm³/mol. The second-order valence-corrected chi connectivity index (χ2v) is 6.26. The van der Waals surface area contributed by atoms with Crippen molar-refractivity contribution in [1.82, 2.24) is 10.6 Å². The molecule has 0 saturated carbocycles. The van der Waals surface area contributed by atoms with Crippen LogP contribution in [0, 0.1) is 0 Å². The molecule has 22 heavy (non-hydrogen) atoms. The van der Waals surface area contributed by atoms with Gasteiger partial charge in [0.05, 0.1) is 12.7 Å². The maximum Gasteiger partial charge on any atom is 0.253 e. The highest BCUT2D eigenvalue weighted by molar-refractivity contribution is 6.15. The van der Waals surface area contributed by atoms with Crippen LogP contribution >= 0.6 is 0 Å². The van der Waals surface area contributed by atoms with Gasteiger partial charge in [-0.15, -0.1) is 0 Å². The number of carbonyl (C=O) groups is 1. The fourth-order valence-corrected chi connectivity index (χ4v) is 2.90. The SMILES string of the molecule is CC(C)OCc1cccc(C2=NC3(CCNCC3)C(=O)N2)c1. The summed E-state index contributed by atoms with van der Waals surface area (Å²) in [6.07, 6.45) is 1.72. The lowest BCUT2D eigenvalue weighted by atomic mass is 9.89. The molecule has 2 aliphatic heterocycles. The topological polar surface area (TPSA) is 62.7 Å². The van der Waals surface area contributed by atoms with Crippen molar-refractivity contribution in [3.63, 3.8) is 0 Å². The summed E-state index contributed by atoms with van der Waals surface area (Å²) in [5.74, 6) is 0.728. The van der Waals surface area contributed by atoms with Gasteiger partial charge in [-0.1, -0.05) is 18.2 Å². The Morgan fingerprint density at radius 1 is 1.32 bits per heavy atom. The number of amides is 1. The van der Waals surface area contributed by atoms with Crippen molar-refractivity contribution < 1.29 is 9.53 Å². The molecular weight excluding hydrogens is 278 g/mol. The molecule has 2 N–H and O–H groups in total. The zero-order chi connectivity index (χ0) is 15.6. The molecule has 0 atom stereocenters. The highest BCUT2D eigenvalue weighted by Gasteiger charge is 2.44. The molecule has 5 heteroatoms. The van der Waals surface area contributed by atoms with Crippen LogP contribution in [-0.4, -0.2) is 36.5 Å². The number of carbonyl (C=O) groups excluding carboxylic acids is 1. The van der Waals surface area contributed by atoms with Crippen LogP contribution in [0.4, 0.5) is 0 Å². The largest absolute Gasteiger partial charge is 0.374 e. The lowest BCUT2D eigenvalue weighted by molar-refractivity contribution is -0.124. The minimum atomic E-state index is -0.564. The average molecular weight is 301 g/mol. The Hall–Kier alpha value is -1.72. The first kappa shape index (κ1) is 15.2. The molecule has 3 rings (SSSR count). The molecule has 0 unspecified atom stereocenters. The summed E-state index contributed by atoms with van der Waals surface area (Å²) in [6.45, 7) is 6.29. The highest BCUT2D eigenvalue weighted by Crippen LogP contribution is 2.28. The number of hydrogen-bond acceptors (Lipinski definition) is 4. The van der Waals surface area contributed by atoms with Gasteiger partial charge in [-0.05, 0) is 51.4 Å². The van der Waals surface area contributed by atoms with Gasteiger partial charge in [-0.2, -0.15) is 0 Å². The van der Waals surface area contributed by atoms with E-state index in [9.17, 15) is 4.79 Å². The molecule has 1 amide bonds. The van der Waals surface area contributed by atoms with Gasteiger partial charge in [0.2, 0.25) is 0 Å². The Balaban J connectivity index is 1.80. The van der Waals surface area contributed by atoms with E-state index in [0.717, 1.165) is 37.1 Å². The molecule has 1 aromatic carbocycles. The lowest BCUT2D eigenvalue weighted by Gasteiger charge is -2.28. The van der Waals surface area contributed by atoms with Gasteiger partial charge in [0.1, 0.15) is 11.4 Å². The Labute approximate surface area is 131 Å². The Kier molecular flexibility index (Phi) is 4.27. The molecule has 1 spiro atoms. The van der Waals surface area contributed by atoms with Gasteiger partial charge in [-0.3, -0.25) is 9.79 Å². The molecule has 1 aromatic rings. The van der Waals surface area contributed by atoms with Crippen LogP contribution < -0.4 is 10.6 Å². The fourth-order valence-electron chi connectivity index (χ4n) is 2.90. The number of amidine groups is 1. The fraction of sp³-hybridized carbons (Fsp3) is 0.529. The van der Waals surface area contributed by atoms with Crippen LogP contribution in [0.2, 0.25) is 0 Å². The van der Waals surface area contributed by atoms with Crippen LogP contribution in [0.1, 0.15) is 37.8 Å². The molecular formula is C17H23N3O2. The monoisotopic (exact) mass is 301 g/mol. The van der Waals surface area contributed by atoms with Crippen LogP contribution in [0.25, 0.3) is 0 Å². The minimum Gasteiger partial charge on any atom is -0.374 e. The van der Waals surface area contributed by atoms with E-state index >= 15 is 0 Å². The van der Waals surface area contributed by atoms with Gasteiger partial charge >= 0.3 is 0 Å². The van der Waals surface area contributed by atoms with Crippen LogP contribution in [0.5, 0.6) is 0 Å². The summed E-state index contributed by atoms with van der Waals surface area (Å²) in [5, 5.41) is 6.25. The van der Waals surface area contributed by atoms with E-state index in [4.69, 9.17) is 9.73 Å². The summed E-state index contributed by atoms with van der Waals surface area (Å²) in [7, 11) is 0. The number of hydrogen-bond donors (Lipinski definition) is 2. The second-order valence-electron chi connectivity index (χ2n) is 6.26. The van der Waals surface area contributed by atoms with E-state index in [0.29, 0.717) is 12.4 Å². The summed E-state index contributed by atoms with van der Waals surface area (Å²) in [4.78, 5) is 17.1. The Morgan fingerprint density at radius 2 is 2.09 bits per heavy atom. The number of nitrogens with one attached hydrogen (secondary N) is 2. The zero-order valence-corrected chi connectivity index (χ0v) is 13.2. The van der Waals surface area contributed by atoms with E-state index in [1.165, 1.54) is 0 Å². The smallest absolute Gasteiger partial charge is 0.253 e. The summed E-state index contributed by atoms with van der Waals surface area (Å²) in [5.41, 5.74) is 1.48. The number of ether oxygens (including phenoxy) is 1. The van der Waals surface area contributed by atoms with Gasteiger partial charge < -0.3 is 15.4 Å². The first-order valence-electron chi connectivity index (χ1n) is 7.92. The molecule has 0 aromatic heterocycles. The van der Waals surface area contributed by atoms with Crippen LogP contribution in [0.3, 0.4) is 0 Å². The number of piperidine rings is 1. The lowest BCUT2D eigenvalue weighted by Crippen LogP contribution is -2.47. The quantitative estimate of drug-likeness (QED) is 0.888. The van der Waals surface area contributed by atoms with E-state index < -0.39 is 5.54 Å². The van der Waals surface area contributed by atoms with Crippen molar-refractivity contribution in [3.8, 4) is 0 Å².